The Morgan fingerprint density at radius 1 is 0.735 bits per heavy atom. The van der Waals surface area contributed by atoms with Crippen LogP contribution in [0.15, 0.2) is 109 Å². The van der Waals surface area contributed by atoms with E-state index in [-0.39, 0.29) is 11.7 Å². The Morgan fingerprint density at radius 3 is 2.18 bits per heavy atom. The number of fused-ring (bicyclic) bond motifs is 2. The number of hydrogen-bond acceptors (Lipinski definition) is 2. The van der Waals surface area contributed by atoms with E-state index in [2.05, 4.69) is 10.3 Å². The molecule has 2 atom stereocenters. The van der Waals surface area contributed by atoms with E-state index in [0.29, 0.717) is 5.56 Å². The first-order valence-corrected chi connectivity index (χ1v) is 11.4. The second-order valence-electron chi connectivity index (χ2n) is 8.59. The highest BCUT2D eigenvalue weighted by Crippen LogP contribution is 2.48. The molecule has 2 unspecified atom stereocenters. The zero-order valence-electron chi connectivity index (χ0n) is 18.4. The molecule has 1 aliphatic heterocycles. The van der Waals surface area contributed by atoms with Gasteiger partial charge in [-0.3, -0.25) is 9.59 Å². The summed E-state index contributed by atoms with van der Waals surface area (Å²) in [5.74, 6) is -1.55. The summed E-state index contributed by atoms with van der Waals surface area (Å²) >= 11 is 0. The van der Waals surface area contributed by atoms with Gasteiger partial charge in [-0.15, -0.1) is 0 Å². The molecular weight excluding hydrogens is 420 g/mol. The smallest absolute Gasteiger partial charge is 0.233 e. The van der Waals surface area contributed by atoms with E-state index in [4.69, 9.17) is 0 Å². The number of aromatic amines is 1. The number of benzene rings is 4. The number of nitrogens with one attached hydrogen (secondary N) is 2. The number of H-pyrrole nitrogens is 1. The lowest BCUT2D eigenvalue weighted by molar-refractivity contribution is -0.117. The van der Waals surface area contributed by atoms with E-state index in [0.717, 1.165) is 39.0 Å². The third-order valence-corrected chi connectivity index (χ3v) is 6.63. The molecule has 2 heterocycles. The van der Waals surface area contributed by atoms with Crippen molar-refractivity contribution in [2.24, 2.45) is 0 Å². The molecule has 164 valence electrons. The van der Waals surface area contributed by atoms with Gasteiger partial charge in [0.15, 0.2) is 5.78 Å². The van der Waals surface area contributed by atoms with E-state index in [1.807, 2.05) is 109 Å². The van der Waals surface area contributed by atoms with Crippen LogP contribution in [0.4, 0.5) is 5.69 Å². The Morgan fingerprint density at radius 2 is 1.38 bits per heavy atom. The minimum atomic E-state index is -0.697. The number of aromatic nitrogens is 1. The Bertz CT molecular complexity index is 1520. The van der Waals surface area contributed by atoms with Crippen LogP contribution in [0.5, 0.6) is 0 Å². The molecule has 0 radical (unpaired) electrons. The number of para-hydroxylation sites is 2. The molecule has 34 heavy (non-hydrogen) atoms. The summed E-state index contributed by atoms with van der Waals surface area (Å²) in [6, 6.07) is 34.9. The molecule has 2 N–H and O–H groups in total. The highest BCUT2D eigenvalue weighted by atomic mass is 16.2. The van der Waals surface area contributed by atoms with Gasteiger partial charge in [-0.1, -0.05) is 97.1 Å². The molecule has 0 aliphatic carbocycles. The number of carbonyl (C=O) groups excluding carboxylic acids is 2. The highest BCUT2D eigenvalue weighted by molar-refractivity contribution is 6.13. The molecule has 1 amide bonds. The maximum atomic E-state index is 14.2. The number of hydrogen-bond donors (Lipinski definition) is 2. The van der Waals surface area contributed by atoms with Crippen LogP contribution in [0.2, 0.25) is 0 Å². The van der Waals surface area contributed by atoms with Crippen molar-refractivity contribution in [2.75, 3.05) is 5.32 Å². The van der Waals surface area contributed by atoms with E-state index in [1.54, 1.807) is 0 Å². The van der Waals surface area contributed by atoms with Gasteiger partial charge in [-0.25, -0.2) is 0 Å². The maximum Gasteiger partial charge on any atom is 0.233 e. The molecule has 0 saturated heterocycles. The van der Waals surface area contributed by atoms with Gasteiger partial charge in [0.1, 0.15) is 0 Å². The van der Waals surface area contributed by atoms with Gasteiger partial charge < -0.3 is 10.3 Å². The molecule has 6 rings (SSSR count). The summed E-state index contributed by atoms with van der Waals surface area (Å²) in [5, 5.41) is 3.95. The summed E-state index contributed by atoms with van der Waals surface area (Å²) in [7, 11) is 0. The molecular formula is C30H22N2O2. The van der Waals surface area contributed by atoms with Gasteiger partial charge in [0, 0.05) is 22.2 Å². The molecule has 0 bridgehead atoms. The molecule has 1 aromatic heterocycles. The van der Waals surface area contributed by atoms with Gasteiger partial charge in [0.25, 0.3) is 0 Å². The zero-order valence-corrected chi connectivity index (χ0v) is 18.4. The SMILES string of the molecule is O=C1Nc2ccccc2C1C(C(=O)c1ccccc1)c1c(-c2ccccc2)[nH]c2ccccc12. The molecule has 5 aromatic rings. The fraction of sp³-hybridized carbons (Fsp3) is 0.0667. The van der Waals surface area contributed by atoms with Crippen molar-refractivity contribution in [3.63, 3.8) is 0 Å². The third-order valence-electron chi connectivity index (χ3n) is 6.63. The van der Waals surface area contributed by atoms with Crippen molar-refractivity contribution < 1.29 is 9.59 Å². The van der Waals surface area contributed by atoms with Gasteiger partial charge in [-0.05, 0) is 28.8 Å². The lowest BCUT2D eigenvalue weighted by atomic mass is 9.76. The fourth-order valence-corrected chi connectivity index (χ4v) is 5.11. The first kappa shape index (κ1) is 20.2. The number of amides is 1. The molecule has 0 fully saturated rings. The van der Waals surface area contributed by atoms with Gasteiger partial charge in [-0.2, -0.15) is 0 Å². The molecule has 4 heteroatoms. The second-order valence-corrected chi connectivity index (χ2v) is 8.59. The predicted molar refractivity (Wildman–Crippen MR) is 135 cm³/mol. The standard InChI is InChI=1S/C30H22N2O2/c33-29(20-13-5-2-6-14-20)27(26-22-16-8-10-18-24(22)32-30(26)34)25-21-15-7-9-17-23(21)31-28(25)19-11-3-1-4-12-19/h1-18,26-27,31H,(H,32,34). The van der Waals surface area contributed by atoms with Crippen LogP contribution in [-0.2, 0) is 4.79 Å². The summed E-state index contributed by atoms with van der Waals surface area (Å²) in [6.45, 7) is 0. The lowest BCUT2D eigenvalue weighted by Crippen LogP contribution is -2.26. The molecule has 4 nitrogen and oxygen atoms in total. The number of anilines is 1. The van der Waals surface area contributed by atoms with Gasteiger partial charge >= 0.3 is 0 Å². The zero-order chi connectivity index (χ0) is 23.1. The molecule has 1 aliphatic rings. The van der Waals surface area contributed by atoms with Crippen LogP contribution in [0.1, 0.15) is 33.3 Å². The summed E-state index contributed by atoms with van der Waals surface area (Å²) in [5.41, 5.74) is 5.85. The summed E-state index contributed by atoms with van der Waals surface area (Å²) in [6.07, 6.45) is 0. The van der Waals surface area contributed by atoms with Crippen LogP contribution >= 0.6 is 0 Å². The van der Waals surface area contributed by atoms with Crippen LogP contribution in [-0.4, -0.2) is 16.7 Å². The van der Waals surface area contributed by atoms with Crippen LogP contribution in [0, 0.1) is 0 Å². The number of rotatable bonds is 5. The van der Waals surface area contributed by atoms with E-state index >= 15 is 0 Å². The monoisotopic (exact) mass is 442 g/mol. The minimum absolute atomic E-state index is 0.0700. The van der Waals surface area contributed by atoms with Crippen molar-refractivity contribution in [2.45, 2.75) is 11.8 Å². The minimum Gasteiger partial charge on any atom is -0.354 e. The quantitative estimate of drug-likeness (QED) is 0.304. The summed E-state index contributed by atoms with van der Waals surface area (Å²) < 4.78 is 0. The predicted octanol–water partition coefficient (Wildman–Crippen LogP) is 6.54. The summed E-state index contributed by atoms with van der Waals surface area (Å²) in [4.78, 5) is 31.2. The van der Waals surface area contributed by atoms with Crippen LogP contribution in [0.25, 0.3) is 22.2 Å². The average Bonchev–Trinajstić information content (AvgIpc) is 3.43. The van der Waals surface area contributed by atoms with Crippen LogP contribution < -0.4 is 5.32 Å². The van der Waals surface area contributed by atoms with Crippen molar-refractivity contribution in [1.82, 2.24) is 4.98 Å². The Balaban J connectivity index is 1.65. The third kappa shape index (κ3) is 3.23. The van der Waals surface area contributed by atoms with Crippen molar-refractivity contribution in [3.8, 4) is 11.3 Å². The van der Waals surface area contributed by atoms with Crippen molar-refractivity contribution >= 4 is 28.3 Å². The first-order valence-electron chi connectivity index (χ1n) is 11.4. The maximum absolute atomic E-state index is 14.2. The molecule has 0 spiro atoms. The van der Waals surface area contributed by atoms with E-state index in [1.165, 1.54) is 0 Å². The van der Waals surface area contributed by atoms with Crippen LogP contribution in [0.3, 0.4) is 0 Å². The second kappa shape index (κ2) is 8.16. The normalized spacial score (nSPS) is 15.6. The fourth-order valence-electron chi connectivity index (χ4n) is 5.11. The largest absolute Gasteiger partial charge is 0.354 e. The molecule has 0 saturated carbocycles. The van der Waals surface area contributed by atoms with E-state index < -0.39 is 11.8 Å². The number of Topliss-reactive ketones (excluding diaryl/α,β-unsaturated/α-hetero) is 1. The Labute approximate surface area is 197 Å². The number of carbonyl (C=O) groups is 2. The number of ketones is 1. The molecule has 4 aromatic carbocycles. The van der Waals surface area contributed by atoms with Gasteiger partial charge in [0.2, 0.25) is 5.91 Å². The topological polar surface area (TPSA) is 62.0 Å². The van der Waals surface area contributed by atoms with E-state index in [9.17, 15) is 9.59 Å². The Kier molecular flexibility index (Phi) is 4.84. The highest BCUT2D eigenvalue weighted by Gasteiger charge is 2.43. The first-order chi connectivity index (χ1) is 16.7. The lowest BCUT2D eigenvalue weighted by Gasteiger charge is -2.23. The van der Waals surface area contributed by atoms with Crippen molar-refractivity contribution in [3.05, 3.63) is 126 Å². The van der Waals surface area contributed by atoms with Crippen molar-refractivity contribution in [1.29, 1.82) is 0 Å². The Hall–Kier alpha value is -4.44. The average molecular weight is 443 g/mol. The van der Waals surface area contributed by atoms with Gasteiger partial charge in [0.05, 0.1) is 17.5 Å².